The Morgan fingerprint density at radius 1 is 1.12 bits per heavy atom. The highest BCUT2D eigenvalue weighted by atomic mass is 35.5. The second-order valence-corrected chi connectivity index (χ2v) is 8.93. The Labute approximate surface area is 205 Å². The number of amides is 1. The van der Waals surface area contributed by atoms with Gasteiger partial charge < -0.3 is 10.6 Å². The highest BCUT2D eigenvalue weighted by Crippen LogP contribution is 2.37. The Kier molecular flexibility index (Phi) is 6.29. The van der Waals surface area contributed by atoms with Crippen molar-refractivity contribution in [1.29, 1.82) is 0 Å². The second-order valence-electron chi connectivity index (χ2n) is 7.59. The molecule has 0 bridgehead atoms. The minimum atomic E-state index is -0.474. The van der Waals surface area contributed by atoms with E-state index in [2.05, 4.69) is 25.6 Å². The van der Waals surface area contributed by atoms with Crippen LogP contribution < -0.4 is 10.6 Å². The van der Waals surface area contributed by atoms with E-state index in [0.29, 0.717) is 38.8 Å². The summed E-state index contributed by atoms with van der Waals surface area (Å²) in [6.45, 7) is 1.86. The molecule has 0 fully saturated rings. The van der Waals surface area contributed by atoms with E-state index in [1.165, 1.54) is 11.8 Å². The lowest BCUT2D eigenvalue weighted by Crippen LogP contribution is -2.31. The van der Waals surface area contributed by atoms with Crippen LogP contribution in [0.3, 0.4) is 0 Å². The fraction of sp³-hybridized carbons (Fsp3) is 0.125. The number of allylic oxidation sites excluding steroid dienone is 1. The van der Waals surface area contributed by atoms with Crippen molar-refractivity contribution in [3.05, 3.63) is 101 Å². The topological polar surface area (TPSA) is 97.6 Å². The second kappa shape index (κ2) is 9.66. The smallest absolute Gasteiger partial charge is 0.255 e. The third-order valence-electron chi connectivity index (χ3n) is 5.33. The van der Waals surface area contributed by atoms with Crippen molar-refractivity contribution >= 4 is 40.9 Å². The normalized spacial score (nSPS) is 14.9. The fourth-order valence-electron chi connectivity index (χ4n) is 3.73. The van der Waals surface area contributed by atoms with E-state index < -0.39 is 6.04 Å². The summed E-state index contributed by atoms with van der Waals surface area (Å²) in [7, 11) is 0. The Bertz CT molecular complexity index is 1360. The van der Waals surface area contributed by atoms with Crippen molar-refractivity contribution < 1.29 is 4.79 Å². The van der Waals surface area contributed by atoms with Crippen LogP contribution in [0.1, 0.15) is 24.1 Å². The number of carbonyl (C=O) groups is 1. The first-order valence-electron chi connectivity index (χ1n) is 10.5. The average Bonchev–Trinajstić information content (AvgIpc) is 3.26. The number of aromatic nitrogens is 5. The molecule has 0 saturated heterocycles. The molecule has 8 nitrogen and oxygen atoms in total. The van der Waals surface area contributed by atoms with E-state index in [0.717, 1.165) is 11.1 Å². The summed E-state index contributed by atoms with van der Waals surface area (Å²) in [5.74, 6) is 0.953. The SMILES string of the molecule is CC1=C(C(=O)Nc2cccnc2)[C@H](c2ccncc2)n2nc(SCc3ccccc3Cl)nc2N1. The van der Waals surface area contributed by atoms with Gasteiger partial charge in [-0.2, -0.15) is 4.98 Å². The molecule has 3 aromatic heterocycles. The first-order chi connectivity index (χ1) is 16.6. The van der Waals surface area contributed by atoms with E-state index >= 15 is 0 Å². The van der Waals surface area contributed by atoms with Crippen molar-refractivity contribution in [3.8, 4) is 0 Å². The Morgan fingerprint density at radius 2 is 1.94 bits per heavy atom. The minimum absolute atomic E-state index is 0.244. The van der Waals surface area contributed by atoms with Crippen molar-refractivity contribution in [2.75, 3.05) is 10.6 Å². The van der Waals surface area contributed by atoms with Gasteiger partial charge in [-0.3, -0.25) is 14.8 Å². The Balaban J connectivity index is 1.48. The van der Waals surface area contributed by atoms with Crippen LogP contribution in [0, 0.1) is 0 Å². The van der Waals surface area contributed by atoms with Gasteiger partial charge in [0.15, 0.2) is 0 Å². The molecule has 1 aromatic carbocycles. The van der Waals surface area contributed by atoms with Crippen LogP contribution in [0.25, 0.3) is 0 Å². The molecule has 5 rings (SSSR count). The van der Waals surface area contributed by atoms with Gasteiger partial charge in [0.05, 0.1) is 17.5 Å². The zero-order valence-corrected chi connectivity index (χ0v) is 19.7. The number of fused-ring (bicyclic) bond motifs is 1. The van der Waals surface area contributed by atoms with Gasteiger partial charge in [0.2, 0.25) is 11.1 Å². The summed E-state index contributed by atoms with van der Waals surface area (Å²) < 4.78 is 1.75. The van der Waals surface area contributed by atoms with Gasteiger partial charge in [-0.15, -0.1) is 5.10 Å². The lowest BCUT2D eigenvalue weighted by molar-refractivity contribution is -0.113. The number of pyridine rings is 2. The molecule has 1 atom stereocenters. The zero-order valence-electron chi connectivity index (χ0n) is 18.1. The quantitative estimate of drug-likeness (QED) is 0.370. The number of anilines is 2. The van der Waals surface area contributed by atoms with Gasteiger partial charge in [-0.1, -0.05) is 41.6 Å². The lowest BCUT2D eigenvalue weighted by Gasteiger charge is -2.28. The molecule has 0 spiro atoms. The van der Waals surface area contributed by atoms with E-state index in [1.54, 1.807) is 41.6 Å². The number of benzene rings is 1. The molecule has 4 aromatic rings. The number of carbonyl (C=O) groups excluding carboxylic acids is 1. The van der Waals surface area contributed by atoms with Gasteiger partial charge in [0.25, 0.3) is 5.91 Å². The largest absolute Gasteiger partial charge is 0.328 e. The highest BCUT2D eigenvalue weighted by Gasteiger charge is 2.34. The van der Waals surface area contributed by atoms with E-state index in [4.69, 9.17) is 16.7 Å². The number of rotatable bonds is 6. The van der Waals surface area contributed by atoms with Crippen LogP contribution in [0.5, 0.6) is 0 Å². The van der Waals surface area contributed by atoms with Crippen molar-refractivity contribution in [3.63, 3.8) is 0 Å². The van der Waals surface area contributed by atoms with Crippen molar-refractivity contribution in [1.82, 2.24) is 24.7 Å². The summed E-state index contributed by atoms with van der Waals surface area (Å²) in [6.07, 6.45) is 6.67. The van der Waals surface area contributed by atoms with Gasteiger partial charge in [-0.25, -0.2) is 4.68 Å². The molecule has 170 valence electrons. The zero-order chi connectivity index (χ0) is 23.5. The van der Waals surface area contributed by atoms with Crippen LogP contribution in [-0.2, 0) is 10.5 Å². The van der Waals surface area contributed by atoms with Gasteiger partial charge >= 0.3 is 0 Å². The number of hydrogen-bond donors (Lipinski definition) is 2. The maximum Gasteiger partial charge on any atom is 0.255 e. The third-order valence-corrected chi connectivity index (χ3v) is 6.59. The van der Waals surface area contributed by atoms with Gasteiger partial charge in [0.1, 0.15) is 6.04 Å². The average molecular weight is 490 g/mol. The highest BCUT2D eigenvalue weighted by molar-refractivity contribution is 7.98. The molecule has 2 N–H and O–H groups in total. The molecule has 1 aliphatic heterocycles. The molecule has 0 unspecified atom stereocenters. The molecule has 0 aliphatic carbocycles. The summed E-state index contributed by atoms with van der Waals surface area (Å²) in [6, 6.07) is 14.6. The molecule has 10 heteroatoms. The first-order valence-corrected chi connectivity index (χ1v) is 11.9. The predicted octanol–water partition coefficient (Wildman–Crippen LogP) is 4.94. The number of hydrogen-bond acceptors (Lipinski definition) is 7. The number of halogens is 1. The van der Waals surface area contributed by atoms with Crippen molar-refractivity contribution in [2.24, 2.45) is 0 Å². The van der Waals surface area contributed by atoms with Gasteiger partial charge in [0, 0.05) is 35.1 Å². The molecule has 4 heterocycles. The van der Waals surface area contributed by atoms with E-state index in [1.807, 2.05) is 43.3 Å². The van der Waals surface area contributed by atoms with Crippen LogP contribution in [0.4, 0.5) is 11.6 Å². The standard InChI is InChI=1S/C24H20ClN7OS/c1-15-20(22(33)29-18-6-4-10-27-13-18)21(16-8-11-26-12-9-16)32-23(28-15)30-24(31-32)34-14-17-5-2-3-7-19(17)25/h2-13,21H,14H2,1H3,(H,29,33)(H,28,30,31)/t21-/m0/s1. The molecule has 1 amide bonds. The van der Waals surface area contributed by atoms with Crippen molar-refractivity contribution in [2.45, 2.75) is 23.9 Å². The molecule has 1 aliphatic rings. The lowest BCUT2D eigenvalue weighted by atomic mass is 9.96. The first kappa shape index (κ1) is 22.1. The van der Waals surface area contributed by atoms with E-state index in [-0.39, 0.29) is 5.91 Å². The van der Waals surface area contributed by atoms with Gasteiger partial charge in [-0.05, 0) is 48.4 Å². The number of nitrogens with one attached hydrogen (secondary N) is 2. The van der Waals surface area contributed by atoms with Crippen LogP contribution >= 0.6 is 23.4 Å². The predicted molar refractivity (Wildman–Crippen MR) is 133 cm³/mol. The summed E-state index contributed by atoms with van der Waals surface area (Å²) in [5, 5.41) is 12.2. The molecular weight excluding hydrogens is 470 g/mol. The summed E-state index contributed by atoms with van der Waals surface area (Å²) >= 11 is 7.79. The Morgan fingerprint density at radius 3 is 2.71 bits per heavy atom. The maximum absolute atomic E-state index is 13.4. The fourth-order valence-corrected chi connectivity index (χ4v) is 4.85. The molecular formula is C24H20ClN7OS. The summed E-state index contributed by atoms with van der Waals surface area (Å²) in [4.78, 5) is 26.3. The van der Waals surface area contributed by atoms with E-state index in [9.17, 15) is 4.79 Å². The maximum atomic E-state index is 13.4. The van der Waals surface area contributed by atoms with Crippen LogP contribution in [-0.4, -0.2) is 30.6 Å². The third kappa shape index (κ3) is 4.52. The number of nitrogens with zero attached hydrogens (tertiary/aromatic N) is 5. The monoisotopic (exact) mass is 489 g/mol. The molecule has 0 saturated carbocycles. The summed E-state index contributed by atoms with van der Waals surface area (Å²) in [5.41, 5.74) is 3.73. The minimum Gasteiger partial charge on any atom is -0.328 e. The van der Waals surface area contributed by atoms with Crippen LogP contribution in [0.15, 0.2) is 89.7 Å². The molecule has 34 heavy (non-hydrogen) atoms. The van der Waals surface area contributed by atoms with Crippen LogP contribution in [0.2, 0.25) is 5.02 Å². The number of thioether (sulfide) groups is 1. The Hall–Kier alpha value is -3.69. The molecule has 0 radical (unpaired) electrons.